The van der Waals surface area contributed by atoms with E-state index in [-0.39, 0.29) is 5.56 Å². The van der Waals surface area contributed by atoms with Gasteiger partial charge in [0, 0.05) is 16.1 Å². The summed E-state index contributed by atoms with van der Waals surface area (Å²) in [7, 11) is 0. The molecule has 0 aliphatic heterocycles. The number of rotatable bonds is 2. The first-order valence-corrected chi connectivity index (χ1v) is 9.23. The van der Waals surface area contributed by atoms with Crippen LogP contribution in [0.25, 0.3) is 20.4 Å². The molecule has 5 nitrogen and oxygen atoms in total. The molecule has 0 saturated heterocycles. The van der Waals surface area contributed by atoms with E-state index in [9.17, 15) is 4.79 Å². The zero-order chi connectivity index (χ0) is 18.4. The molecule has 0 radical (unpaired) electrons. The molecule has 0 spiro atoms. The van der Waals surface area contributed by atoms with Gasteiger partial charge in [0.25, 0.3) is 5.56 Å². The molecule has 0 bridgehead atoms. The van der Waals surface area contributed by atoms with Crippen LogP contribution in [-0.2, 0) is 0 Å². The first-order chi connectivity index (χ1) is 12.4. The molecule has 0 fully saturated rings. The van der Waals surface area contributed by atoms with Gasteiger partial charge < -0.3 is 0 Å². The van der Waals surface area contributed by atoms with E-state index in [1.807, 2.05) is 32.0 Å². The Morgan fingerprint density at radius 1 is 1.15 bits per heavy atom. The maximum absolute atomic E-state index is 13.0. The molecule has 0 amide bonds. The zero-order valence-electron chi connectivity index (χ0n) is 14.4. The summed E-state index contributed by atoms with van der Waals surface area (Å²) in [5, 5.41) is 5.93. The molecule has 0 aliphatic carbocycles. The lowest BCUT2D eigenvalue weighted by Gasteiger charge is -2.04. The fourth-order valence-electron chi connectivity index (χ4n) is 2.94. The van der Waals surface area contributed by atoms with Crippen LogP contribution in [0.3, 0.4) is 0 Å². The second kappa shape index (κ2) is 6.30. The summed E-state index contributed by atoms with van der Waals surface area (Å²) >= 11 is 7.26. The number of thiophene rings is 1. The number of hydrogen-bond acceptors (Lipinski definition) is 5. The Morgan fingerprint density at radius 3 is 2.62 bits per heavy atom. The van der Waals surface area contributed by atoms with Gasteiger partial charge in [-0.25, -0.2) is 9.97 Å². The monoisotopic (exact) mass is 382 g/mol. The van der Waals surface area contributed by atoms with Crippen molar-refractivity contribution in [3.63, 3.8) is 0 Å². The third-order valence-electron chi connectivity index (χ3n) is 4.12. The fourth-order valence-corrected chi connectivity index (χ4v) is 4.22. The van der Waals surface area contributed by atoms with Crippen molar-refractivity contribution in [1.82, 2.24) is 14.6 Å². The van der Waals surface area contributed by atoms with Gasteiger partial charge in [-0.1, -0.05) is 23.7 Å². The van der Waals surface area contributed by atoms with Gasteiger partial charge in [-0.15, -0.1) is 11.3 Å². The molecule has 0 unspecified atom stereocenters. The van der Waals surface area contributed by atoms with Crippen LogP contribution in [-0.4, -0.2) is 20.9 Å². The first-order valence-electron chi connectivity index (χ1n) is 8.04. The highest BCUT2D eigenvalue weighted by molar-refractivity contribution is 7.25. The second-order valence-corrected chi connectivity index (χ2v) is 7.55. The summed E-state index contributed by atoms with van der Waals surface area (Å²) in [6.07, 6.45) is 1.62. The molecule has 7 heteroatoms. The summed E-state index contributed by atoms with van der Waals surface area (Å²) in [5.41, 5.74) is 3.38. The lowest BCUT2D eigenvalue weighted by Crippen LogP contribution is -2.19. The van der Waals surface area contributed by atoms with E-state index in [1.54, 1.807) is 25.3 Å². The number of aromatic nitrogens is 3. The van der Waals surface area contributed by atoms with E-state index < -0.39 is 0 Å². The highest BCUT2D eigenvalue weighted by Crippen LogP contribution is 2.32. The van der Waals surface area contributed by atoms with Crippen LogP contribution in [0.1, 0.15) is 22.6 Å². The Labute approximate surface area is 158 Å². The minimum absolute atomic E-state index is 0.183. The Morgan fingerprint density at radius 2 is 1.88 bits per heavy atom. The molecule has 0 atom stereocenters. The summed E-state index contributed by atoms with van der Waals surface area (Å²) in [6.45, 7) is 5.75. The van der Waals surface area contributed by atoms with E-state index >= 15 is 0 Å². The highest BCUT2D eigenvalue weighted by Gasteiger charge is 2.16. The summed E-state index contributed by atoms with van der Waals surface area (Å²) in [4.78, 5) is 23.0. The van der Waals surface area contributed by atoms with Crippen LogP contribution < -0.4 is 5.56 Å². The van der Waals surface area contributed by atoms with Crippen LogP contribution in [0.4, 0.5) is 0 Å². The van der Waals surface area contributed by atoms with Gasteiger partial charge in [0.2, 0.25) is 0 Å². The average Bonchev–Trinajstić information content (AvgIpc) is 2.95. The fraction of sp³-hybridized carbons (Fsp3) is 0.158. The third kappa shape index (κ3) is 2.81. The van der Waals surface area contributed by atoms with Crippen LogP contribution >= 0.6 is 22.9 Å². The first kappa shape index (κ1) is 16.9. The lowest BCUT2D eigenvalue weighted by atomic mass is 10.1. The van der Waals surface area contributed by atoms with Gasteiger partial charge in [-0.2, -0.15) is 9.78 Å². The van der Waals surface area contributed by atoms with Crippen molar-refractivity contribution in [2.45, 2.75) is 20.8 Å². The minimum atomic E-state index is -0.183. The number of nitrogens with zero attached hydrogens (tertiary/aromatic N) is 4. The summed E-state index contributed by atoms with van der Waals surface area (Å²) in [5.74, 6) is 0.535. The highest BCUT2D eigenvalue weighted by atomic mass is 35.5. The molecule has 3 heterocycles. The van der Waals surface area contributed by atoms with Gasteiger partial charge in [-0.05, 0) is 50.1 Å². The number of pyridine rings is 1. The van der Waals surface area contributed by atoms with Gasteiger partial charge in [0.1, 0.15) is 15.4 Å². The van der Waals surface area contributed by atoms with E-state index in [4.69, 9.17) is 11.6 Å². The number of halogens is 1. The van der Waals surface area contributed by atoms with Crippen molar-refractivity contribution in [2.24, 2.45) is 5.10 Å². The smallest absolute Gasteiger partial charge is 0.266 e. The van der Waals surface area contributed by atoms with E-state index in [2.05, 4.69) is 15.1 Å². The molecule has 26 heavy (non-hydrogen) atoms. The molecule has 1 aromatic carbocycles. The molecule has 0 aliphatic rings. The zero-order valence-corrected chi connectivity index (χ0v) is 16.0. The van der Waals surface area contributed by atoms with Crippen LogP contribution in [0, 0.1) is 20.8 Å². The molecule has 4 aromatic rings. The SMILES string of the molecule is Cc1cc(C)c2c(n1)sc1c(=O)n(/N=C\c3ccc(Cl)cc3)c(C)nc12. The van der Waals surface area contributed by atoms with Crippen LogP contribution in [0.15, 0.2) is 40.2 Å². The molecule has 3 aromatic heterocycles. The molecule has 130 valence electrons. The number of aryl methyl sites for hydroxylation is 3. The van der Waals surface area contributed by atoms with Gasteiger partial charge in [0.15, 0.2) is 0 Å². The van der Waals surface area contributed by atoms with Crippen LogP contribution in [0.2, 0.25) is 5.02 Å². The van der Waals surface area contributed by atoms with Crippen molar-refractivity contribution in [1.29, 1.82) is 0 Å². The Kier molecular flexibility index (Phi) is 4.09. The summed E-state index contributed by atoms with van der Waals surface area (Å²) < 4.78 is 1.90. The number of benzene rings is 1. The van der Waals surface area contributed by atoms with E-state index in [1.165, 1.54) is 16.0 Å². The minimum Gasteiger partial charge on any atom is -0.266 e. The topological polar surface area (TPSA) is 60.1 Å². The Hall–Kier alpha value is -2.57. The molecular weight excluding hydrogens is 368 g/mol. The van der Waals surface area contributed by atoms with E-state index in [0.717, 1.165) is 27.0 Å². The predicted octanol–water partition coefficient (Wildman–Crippen LogP) is 4.47. The Balaban J connectivity index is 1.91. The maximum atomic E-state index is 13.0. The quantitative estimate of drug-likeness (QED) is 0.480. The molecule has 0 N–H and O–H groups in total. The van der Waals surface area contributed by atoms with Gasteiger partial charge >= 0.3 is 0 Å². The van der Waals surface area contributed by atoms with Gasteiger partial charge in [0.05, 0.1) is 11.7 Å². The van der Waals surface area contributed by atoms with Crippen LogP contribution in [0.5, 0.6) is 0 Å². The van der Waals surface area contributed by atoms with Crippen molar-refractivity contribution in [3.05, 3.63) is 68.4 Å². The normalized spacial score (nSPS) is 11.8. The van der Waals surface area contributed by atoms with Crippen molar-refractivity contribution >= 4 is 49.6 Å². The maximum Gasteiger partial charge on any atom is 0.292 e. The average molecular weight is 383 g/mol. The Bertz CT molecular complexity index is 1240. The molecule has 0 saturated carbocycles. The van der Waals surface area contributed by atoms with Crippen molar-refractivity contribution in [2.75, 3.05) is 0 Å². The van der Waals surface area contributed by atoms with Crippen molar-refractivity contribution < 1.29 is 0 Å². The molecule has 4 rings (SSSR count). The summed E-state index contributed by atoms with van der Waals surface area (Å²) in [6, 6.07) is 9.25. The standard InChI is InChI=1S/C19H15ClN4OS/c1-10-8-11(2)22-18-15(10)16-17(26-18)19(25)24(12(3)23-16)21-9-13-4-6-14(20)7-5-13/h4-9H,1-3H3/b21-9-. The third-order valence-corrected chi connectivity index (χ3v) is 5.43. The largest absolute Gasteiger partial charge is 0.292 e. The second-order valence-electron chi connectivity index (χ2n) is 6.11. The number of fused-ring (bicyclic) bond motifs is 3. The van der Waals surface area contributed by atoms with Gasteiger partial charge in [-0.3, -0.25) is 4.79 Å². The van der Waals surface area contributed by atoms with Crippen molar-refractivity contribution in [3.8, 4) is 0 Å². The predicted molar refractivity (Wildman–Crippen MR) is 108 cm³/mol. The van der Waals surface area contributed by atoms with E-state index in [0.29, 0.717) is 21.1 Å². The molecular formula is C19H15ClN4OS. The lowest BCUT2D eigenvalue weighted by molar-refractivity contribution is 0.773. The number of hydrogen-bond donors (Lipinski definition) is 0.